The molecule has 1 aromatic carbocycles. The number of ether oxygens (including phenoxy) is 2. The average molecular weight is 394 g/mol. The summed E-state index contributed by atoms with van der Waals surface area (Å²) in [5, 5.41) is 10.5. The summed E-state index contributed by atoms with van der Waals surface area (Å²) in [6.07, 6.45) is -0.505. The lowest BCUT2D eigenvalue weighted by Crippen LogP contribution is -2.47. The van der Waals surface area contributed by atoms with Gasteiger partial charge in [-0.15, -0.1) is 0 Å². The van der Waals surface area contributed by atoms with Crippen molar-refractivity contribution in [2.45, 2.75) is 33.4 Å². The minimum absolute atomic E-state index is 0.237. The topological polar surface area (TPSA) is 48.4 Å². The lowest BCUT2D eigenvalue weighted by Gasteiger charge is -2.33. The monoisotopic (exact) mass is 393 g/mol. The molecule has 6 nitrogen and oxygen atoms in total. The van der Waals surface area contributed by atoms with Crippen LogP contribution in [-0.4, -0.2) is 93.0 Å². The van der Waals surface area contributed by atoms with E-state index in [9.17, 15) is 5.11 Å². The summed E-state index contributed by atoms with van der Waals surface area (Å²) in [4.78, 5) is 6.92. The molecule has 0 spiro atoms. The fraction of sp³-hybridized carbons (Fsp3) is 0.727. The van der Waals surface area contributed by atoms with Gasteiger partial charge in [0, 0.05) is 57.4 Å². The van der Waals surface area contributed by atoms with Crippen LogP contribution in [0.15, 0.2) is 18.2 Å². The van der Waals surface area contributed by atoms with Crippen molar-refractivity contribution in [3.63, 3.8) is 0 Å². The van der Waals surface area contributed by atoms with E-state index in [4.69, 9.17) is 9.47 Å². The highest BCUT2D eigenvalue weighted by Gasteiger charge is 2.19. The van der Waals surface area contributed by atoms with Gasteiger partial charge in [-0.3, -0.25) is 4.90 Å². The van der Waals surface area contributed by atoms with Crippen LogP contribution in [0, 0.1) is 5.41 Å². The summed E-state index contributed by atoms with van der Waals surface area (Å²) >= 11 is 0. The van der Waals surface area contributed by atoms with Gasteiger partial charge in [-0.1, -0.05) is 26.8 Å². The van der Waals surface area contributed by atoms with Crippen LogP contribution in [0.5, 0.6) is 11.5 Å². The highest BCUT2D eigenvalue weighted by molar-refractivity contribution is 5.40. The molecule has 6 heteroatoms. The van der Waals surface area contributed by atoms with E-state index in [1.165, 1.54) is 0 Å². The Kier molecular flexibility index (Phi) is 8.56. The van der Waals surface area contributed by atoms with Crippen molar-refractivity contribution in [2.24, 2.45) is 5.41 Å². The molecule has 2 rings (SSSR count). The van der Waals surface area contributed by atoms with Crippen molar-refractivity contribution in [1.82, 2.24) is 14.7 Å². The Morgan fingerprint density at radius 3 is 2.46 bits per heavy atom. The van der Waals surface area contributed by atoms with Crippen molar-refractivity contribution in [2.75, 3.05) is 67.1 Å². The number of β-amino-alcohol motifs (C(OH)–C–C–N with tert-alkyl or cyclic N) is 1. The van der Waals surface area contributed by atoms with Crippen molar-refractivity contribution in [3.8, 4) is 11.5 Å². The maximum atomic E-state index is 10.5. The number of aliphatic hydroxyl groups is 1. The second-order valence-corrected chi connectivity index (χ2v) is 9.28. The van der Waals surface area contributed by atoms with Gasteiger partial charge in [0.05, 0.1) is 7.11 Å². The Morgan fingerprint density at radius 2 is 1.86 bits per heavy atom. The highest BCUT2D eigenvalue weighted by atomic mass is 16.5. The Morgan fingerprint density at radius 1 is 1.18 bits per heavy atom. The number of benzene rings is 1. The SMILES string of the molecule is COc1ccc(CN(C)CC(C)(C)C)c(OC[C@H](O)CN2CCN(C)CC2)c1. The molecule has 1 aliphatic rings. The van der Waals surface area contributed by atoms with E-state index in [2.05, 4.69) is 55.6 Å². The first-order valence-corrected chi connectivity index (χ1v) is 10.2. The molecular weight excluding hydrogens is 354 g/mol. The Bertz CT molecular complexity index is 595. The predicted molar refractivity (Wildman–Crippen MR) is 114 cm³/mol. The first-order valence-electron chi connectivity index (χ1n) is 10.2. The molecule has 1 saturated heterocycles. The Labute approximate surface area is 171 Å². The number of aliphatic hydroxyl groups excluding tert-OH is 1. The minimum Gasteiger partial charge on any atom is -0.497 e. The zero-order valence-electron chi connectivity index (χ0n) is 18.6. The Balaban J connectivity index is 1.94. The van der Waals surface area contributed by atoms with Gasteiger partial charge in [0.2, 0.25) is 0 Å². The van der Waals surface area contributed by atoms with Crippen LogP contribution in [0.1, 0.15) is 26.3 Å². The molecule has 1 atom stereocenters. The van der Waals surface area contributed by atoms with E-state index >= 15 is 0 Å². The molecule has 0 amide bonds. The summed E-state index contributed by atoms with van der Waals surface area (Å²) in [6, 6.07) is 5.94. The third-order valence-electron chi connectivity index (χ3n) is 4.95. The van der Waals surface area contributed by atoms with E-state index in [0.29, 0.717) is 6.54 Å². The fourth-order valence-electron chi connectivity index (χ4n) is 3.65. The molecule has 0 aromatic heterocycles. The third-order valence-corrected chi connectivity index (χ3v) is 4.95. The lowest BCUT2D eigenvalue weighted by atomic mass is 9.96. The molecule has 0 unspecified atom stereocenters. The quantitative estimate of drug-likeness (QED) is 0.694. The second kappa shape index (κ2) is 10.4. The van der Waals surface area contributed by atoms with Gasteiger partial charge in [0.15, 0.2) is 0 Å². The van der Waals surface area contributed by atoms with E-state index in [0.717, 1.165) is 56.3 Å². The summed E-state index contributed by atoms with van der Waals surface area (Å²) in [5.41, 5.74) is 1.35. The molecule has 0 aliphatic carbocycles. The number of methoxy groups -OCH3 is 1. The van der Waals surface area contributed by atoms with Crippen molar-refractivity contribution in [3.05, 3.63) is 23.8 Å². The number of rotatable bonds is 9. The standard InChI is InChI=1S/C22H39N3O3/c1-22(2,3)17-24(5)14-18-7-8-20(27-6)13-21(18)28-16-19(26)15-25-11-9-23(4)10-12-25/h7-8,13,19,26H,9-12,14-17H2,1-6H3/t19-/m1/s1. The summed E-state index contributed by atoms with van der Waals surface area (Å²) < 4.78 is 11.4. The van der Waals surface area contributed by atoms with Gasteiger partial charge >= 0.3 is 0 Å². The van der Waals surface area contributed by atoms with Crippen LogP contribution in [0.4, 0.5) is 0 Å². The lowest BCUT2D eigenvalue weighted by molar-refractivity contribution is 0.0499. The van der Waals surface area contributed by atoms with Crippen LogP contribution in [0.3, 0.4) is 0 Å². The van der Waals surface area contributed by atoms with Gasteiger partial charge in [-0.2, -0.15) is 0 Å². The fourth-order valence-corrected chi connectivity index (χ4v) is 3.65. The van der Waals surface area contributed by atoms with Gasteiger partial charge < -0.3 is 24.4 Å². The van der Waals surface area contributed by atoms with E-state index < -0.39 is 6.10 Å². The summed E-state index contributed by atoms with van der Waals surface area (Å²) in [7, 11) is 5.92. The largest absolute Gasteiger partial charge is 0.497 e. The van der Waals surface area contributed by atoms with Crippen LogP contribution < -0.4 is 9.47 Å². The number of piperazine rings is 1. The van der Waals surface area contributed by atoms with Gasteiger partial charge in [0.25, 0.3) is 0 Å². The maximum Gasteiger partial charge on any atom is 0.127 e. The average Bonchev–Trinajstić information content (AvgIpc) is 2.61. The van der Waals surface area contributed by atoms with E-state index in [1.807, 2.05) is 12.1 Å². The third kappa shape index (κ3) is 7.95. The minimum atomic E-state index is -0.505. The molecule has 0 bridgehead atoms. The predicted octanol–water partition coefficient (Wildman–Crippen LogP) is 2.16. The van der Waals surface area contributed by atoms with E-state index in [1.54, 1.807) is 7.11 Å². The van der Waals surface area contributed by atoms with Crippen molar-refractivity contribution in [1.29, 1.82) is 0 Å². The molecule has 0 saturated carbocycles. The normalized spacial score (nSPS) is 17.7. The molecule has 1 aromatic rings. The molecule has 160 valence electrons. The van der Waals surface area contributed by atoms with Crippen LogP contribution in [0.25, 0.3) is 0 Å². The smallest absolute Gasteiger partial charge is 0.127 e. The molecule has 1 aliphatic heterocycles. The number of hydrogen-bond donors (Lipinski definition) is 1. The molecule has 28 heavy (non-hydrogen) atoms. The van der Waals surface area contributed by atoms with Crippen LogP contribution in [0.2, 0.25) is 0 Å². The van der Waals surface area contributed by atoms with Crippen LogP contribution >= 0.6 is 0 Å². The summed E-state index contributed by atoms with van der Waals surface area (Å²) in [6.45, 7) is 13.5. The van der Waals surface area contributed by atoms with Crippen molar-refractivity contribution < 1.29 is 14.6 Å². The first-order chi connectivity index (χ1) is 13.2. The maximum absolute atomic E-state index is 10.5. The van der Waals surface area contributed by atoms with Crippen molar-refractivity contribution >= 4 is 0 Å². The number of hydrogen-bond acceptors (Lipinski definition) is 6. The Hall–Kier alpha value is -1.34. The highest BCUT2D eigenvalue weighted by Crippen LogP contribution is 2.27. The molecule has 1 fully saturated rings. The zero-order valence-corrected chi connectivity index (χ0v) is 18.6. The summed E-state index contributed by atoms with van der Waals surface area (Å²) in [5.74, 6) is 1.56. The molecule has 0 radical (unpaired) electrons. The van der Waals surface area contributed by atoms with Gasteiger partial charge in [-0.25, -0.2) is 0 Å². The molecular formula is C22H39N3O3. The van der Waals surface area contributed by atoms with Gasteiger partial charge in [-0.05, 0) is 25.6 Å². The number of likely N-dealkylation sites (N-methyl/N-ethyl adjacent to an activating group) is 1. The van der Waals surface area contributed by atoms with Crippen LogP contribution in [-0.2, 0) is 6.54 Å². The molecule has 1 heterocycles. The van der Waals surface area contributed by atoms with Gasteiger partial charge in [0.1, 0.15) is 24.2 Å². The first kappa shape index (κ1) is 22.9. The number of nitrogens with zero attached hydrogens (tertiary/aromatic N) is 3. The second-order valence-electron chi connectivity index (χ2n) is 9.28. The van der Waals surface area contributed by atoms with E-state index in [-0.39, 0.29) is 12.0 Å². The zero-order chi connectivity index (χ0) is 20.7. The molecule has 1 N–H and O–H groups in total.